The summed E-state index contributed by atoms with van der Waals surface area (Å²) in [6, 6.07) is 7.22. The van der Waals surface area contributed by atoms with Crippen molar-refractivity contribution in [1.82, 2.24) is 0 Å². The standard InChI is InChI=1S/C12H17N3O/c1-8(2)11(7-16)15-10-5-3-4-9(6-13)12(10)14/h3-5,8,11,15-16H,7,14H2,1-2H3. The summed E-state index contributed by atoms with van der Waals surface area (Å²) < 4.78 is 0. The van der Waals surface area contributed by atoms with Gasteiger partial charge in [0.05, 0.1) is 29.6 Å². The highest BCUT2D eigenvalue weighted by molar-refractivity contribution is 5.73. The van der Waals surface area contributed by atoms with Gasteiger partial charge in [0.1, 0.15) is 6.07 Å². The van der Waals surface area contributed by atoms with Crippen LogP contribution in [0.25, 0.3) is 0 Å². The zero-order valence-corrected chi connectivity index (χ0v) is 9.57. The third-order valence-electron chi connectivity index (χ3n) is 2.57. The molecule has 4 nitrogen and oxygen atoms in total. The van der Waals surface area contributed by atoms with Crippen LogP contribution in [-0.2, 0) is 0 Å². The fourth-order valence-electron chi connectivity index (χ4n) is 1.41. The second-order valence-electron chi connectivity index (χ2n) is 4.06. The van der Waals surface area contributed by atoms with Crippen LogP contribution in [0, 0.1) is 17.2 Å². The van der Waals surface area contributed by atoms with Crippen LogP contribution in [-0.4, -0.2) is 17.8 Å². The van der Waals surface area contributed by atoms with Crippen LogP contribution in [0.2, 0.25) is 0 Å². The normalized spacial score (nSPS) is 12.2. The zero-order valence-electron chi connectivity index (χ0n) is 9.57. The van der Waals surface area contributed by atoms with Crippen molar-refractivity contribution in [2.24, 2.45) is 5.92 Å². The van der Waals surface area contributed by atoms with Crippen molar-refractivity contribution in [3.8, 4) is 6.07 Å². The lowest BCUT2D eigenvalue weighted by Crippen LogP contribution is -2.29. The number of aliphatic hydroxyl groups is 1. The van der Waals surface area contributed by atoms with E-state index in [1.54, 1.807) is 18.2 Å². The fraction of sp³-hybridized carbons (Fsp3) is 0.417. The molecule has 0 aromatic heterocycles. The molecule has 4 heteroatoms. The van der Waals surface area contributed by atoms with E-state index in [1.165, 1.54) is 0 Å². The van der Waals surface area contributed by atoms with Gasteiger partial charge in [-0.3, -0.25) is 0 Å². The summed E-state index contributed by atoms with van der Waals surface area (Å²) in [5.74, 6) is 0.287. The van der Waals surface area contributed by atoms with Crippen molar-refractivity contribution in [3.05, 3.63) is 23.8 Å². The molecule has 1 unspecified atom stereocenters. The molecular formula is C12H17N3O. The number of nitrogens with two attached hydrogens (primary N) is 1. The van der Waals surface area contributed by atoms with E-state index >= 15 is 0 Å². The lowest BCUT2D eigenvalue weighted by Gasteiger charge is -2.22. The Balaban J connectivity index is 2.93. The minimum absolute atomic E-state index is 0.0356. The Morgan fingerprint density at radius 3 is 2.69 bits per heavy atom. The quantitative estimate of drug-likeness (QED) is 0.671. The topological polar surface area (TPSA) is 82.1 Å². The molecule has 1 aromatic carbocycles. The van der Waals surface area contributed by atoms with Crippen LogP contribution >= 0.6 is 0 Å². The fourth-order valence-corrected chi connectivity index (χ4v) is 1.41. The van der Waals surface area contributed by atoms with Crippen molar-refractivity contribution in [3.63, 3.8) is 0 Å². The third-order valence-corrected chi connectivity index (χ3v) is 2.57. The van der Waals surface area contributed by atoms with Gasteiger partial charge in [0.25, 0.3) is 0 Å². The molecule has 4 N–H and O–H groups in total. The molecule has 0 radical (unpaired) electrons. The molecule has 0 aliphatic heterocycles. The van der Waals surface area contributed by atoms with E-state index in [1.807, 2.05) is 19.9 Å². The van der Waals surface area contributed by atoms with Gasteiger partial charge in [-0.1, -0.05) is 19.9 Å². The largest absolute Gasteiger partial charge is 0.396 e. The lowest BCUT2D eigenvalue weighted by atomic mass is 10.0. The van der Waals surface area contributed by atoms with Crippen LogP contribution in [0.15, 0.2) is 18.2 Å². The first-order chi connectivity index (χ1) is 7.60. The number of nitriles is 1. The van der Waals surface area contributed by atoms with Gasteiger partial charge < -0.3 is 16.2 Å². The van der Waals surface area contributed by atoms with Gasteiger partial charge in [-0.05, 0) is 18.1 Å². The molecule has 0 saturated heterocycles. The first-order valence-electron chi connectivity index (χ1n) is 5.26. The second kappa shape index (κ2) is 5.38. The van der Waals surface area contributed by atoms with Gasteiger partial charge in [-0.2, -0.15) is 5.26 Å². The van der Waals surface area contributed by atoms with Gasteiger partial charge in [0.2, 0.25) is 0 Å². The molecule has 1 atom stereocenters. The van der Waals surface area contributed by atoms with Crippen molar-refractivity contribution < 1.29 is 5.11 Å². The summed E-state index contributed by atoms with van der Waals surface area (Å²) in [7, 11) is 0. The molecule has 0 heterocycles. The highest BCUT2D eigenvalue weighted by Crippen LogP contribution is 2.23. The van der Waals surface area contributed by atoms with Gasteiger partial charge in [0, 0.05) is 0 Å². The van der Waals surface area contributed by atoms with Crippen LogP contribution in [0.3, 0.4) is 0 Å². The van der Waals surface area contributed by atoms with Crippen molar-refractivity contribution in [1.29, 1.82) is 5.26 Å². The molecule has 1 rings (SSSR count). The maximum atomic E-state index is 9.21. The molecule has 0 fully saturated rings. The number of nitrogens with one attached hydrogen (secondary N) is 1. The number of aliphatic hydroxyl groups excluding tert-OH is 1. The van der Waals surface area contributed by atoms with E-state index in [9.17, 15) is 5.11 Å². The predicted octanol–water partition coefficient (Wildman–Crippen LogP) is 1.57. The Morgan fingerprint density at radius 1 is 1.50 bits per heavy atom. The molecule has 1 aromatic rings. The number of anilines is 2. The number of hydrogen-bond donors (Lipinski definition) is 3. The van der Waals surface area contributed by atoms with Crippen molar-refractivity contribution in [2.75, 3.05) is 17.7 Å². The van der Waals surface area contributed by atoms with Crippen LogP contribution < -0.4 is 11.1 Å². The number of benzene rings is 1. The van der Waals surface area contributed by atoms with E-state index in [0.717, 1.165) is 0 Å². The Bertz CT molecular complexity index is 396. The van der Waals surface area contributed by atoms with Gasteiger partial charge >= 0.3 is 0 Å². The molecule has 16 heavy (non-hydrogen) atoms. The van der Waals surface area contributed by atoms with E-state index in [4.69, 9.17) is 11.0 Å². The lowest BCUT2D eigenvalue weighted by molar-refractivity contribution is 0.249. The Kier molecular flexibility index (Phi) is 4.15. The first kappa shape index (κ1) is 12.3. The van der Waals surface area contributed by atoms with Crippen molar-refractivity contribution >= 4 is 11.4 Å². The van der Waals surface area contributed by atoms with E-state index in [-0.39, 0.29) is 18.6 Å². The van der Waals surface area contributed by atoms with Gasteiger partial charge in [-0.25, -0.2) is 0 Å². The molecule has 0 aliphatic rings. The summed E-state index contributed by atoms with van der Waals surface area (Å²) >= 11 is 0. The molecular weight excluding hydrogens is 202 g/mol. The number of hydrogen-bond acceptors (Lipinski definition) is 4. The second-order valence-corrected chi connectivity index (χ2v) is 4.06. The summed E-state index contributed by atoms with van der Waals surface area (Å²) in [6.07, 6.45) is 0. The van der Waals surface area contributed by atoms with Crippen LogP contribution in [0.5, 0.6) is 0 Å². The highest BCUT2D eigenvalue weighted by Gasteiger charge is 2.13. The predicted molar refractivity (Wildman–Crippen MR) is 64.9 cm³/mol. The SMILES string of the molecule is CC(C)C(CO)Nc1cccc(C#N)c1N. The van der Waals surface area contributed by atoms with E-state index in [0.29, 0.717) is 16.9 Å². The molecule has 0 spiro atoms. The minimum Gasteiger partial charge on any atom is -0.396 e. The number of nitrogen functional groups attached to an aromatic ring is 1. The van der Waals surface area contributed by atoms with Gasteiger partial charge in [-0.15, -0.1) is 0 Å². The Morgan fingerprint density at radius 2 is 2.19 bits per heavy atom. The van der Waals surface area contributed by atoms with Crippen LogP contribution in [0.4, 0.5) is 11.4 Å². The summed E-state index contributed by atoms with van der Waals surface area (Å²) in [5, 5.41) is 21.2. The molecule has 0 amide bonds. The van der Waals surface area contributed by atoms with Gasteiger partial charge in [0.15, 0.2) is 0 Å². The maximum absolute atomic E-state index is 9.21. The third kappa shape index (κ3) is 2.65. The maximum Gasteiger partial charge on any atom is 0.101 e. The summed E-state index contributed by atoms with van der Waals surface area (Å²) in [5.41, 5.74) is 7.41. The first-order valence-corrected chi connectivity index (χ1v) is 5.26. The Hall–Kier alpha value is -1.73. The molecule has 0 bridgehead atoms. The van der Waals surface area contributed by atoms with E-state index in [2.05, 4.69) is 5.32 Å². The van der Waals surface area contributed by atoms with Crippen LogP contribution in [0.1, 0.15) is 19.4 Å². The molecule has 0 aliphatic carbocycles. The average molecular weight is 219 g/mol. The highest BCUT2D eigenvalue weighted by atomic mass is 16.3. The van der Waals surface area contributed by atoms with E-state index < -0.39 is 0 Å². The molecule has 86 valence electrons. The number of rotatable bonds is 4. The van der Waals surface area contributed by atoms with Crippen molar-refractivity contribution in [2.45, 2.75) is 19.9 Å². The molecule has 0 saturated carbocycles. The monoisotopic (exact) mass is 219 g/mol. The smallest absolute Gasteiger partial charge is 0.101 e. The summed E-state index contributed by atoms with van der Waals surface area (Å²) in [6.45, 7) is 4.06. The minimum atomic E-state index is -0.0590. The average Bonchev–Trinajstić information content (AvgIpc) is 2.27. The zero-order chi connectivity index (χ0) is 12.1. The summed E-state index contributed by atoms with van der Waals surface area (Å²) in [4.78, 5) is 0. The Labute approximate surface area is 95.7 Å². The number of nitrogens with zero attached hydrogens (tertiary/aromatic N) is 1. The number of para-hydroxylation sites is 1.